The van der Waals surface area contributed by atoms with Crippen LogP contribution in [0.3, 0.4) is 0 Å². The molecule has 1 saturated heterocycles. The van der Waals surface area contributed by atoms with Gasteiger partial charge in [-0.2, -0.15) is 5.10 Å². The molecule has 1 aliphatic rings. The van der Waals surface area contributed by atoms with Crippen LogP contribution in [0.1, 0.15) is 16.9 Å². The van der Waals surface area contributed by atoms with Crippen LogP contribution >= 0.6 is 11.3 Å². The van der Waals surface area contributed by atoms with Crippen molar-refractivity contribution in [2.24, 2.45) is 0 Å². The molecule has 3 heterocycles. The van der Waals surface area contributed by atoms with E-state index in [1.54, 1.807) is 35.7 Å². The Bertz CT molecular complexity index is 862. The Labute approximate surface area is 147 Å². The molecule has 1 aromatic carbocycles. The predicted octanol–water partition coefficient (Wildman–Crippen LogP) is 2.68. The van der Waals surface area contributed by atoms with E-state index in [0.717, 1.165) is 30.2 Å². The summed E-state index contributed by atoms with van der Waals surface area (Å²) >= 11 is 1.60. The molecular weight excluding hydrogens is 341 g/mol. The van der Waals surface area contributed by atoms with Gasteiger partial charge >= 0.3 is 0 Å². The number of amides is 1. The van der Waals surface area contributed by atoms with E-state index in [2.05, 4.69) is 25.4 Å². The zero-order valence-electron chi connectivity index (χ0n) is 13.3. The molecule has 0 aliphatic carbocycles. The number of aromatic nitrogens is 3. The molecule has 8 heteroatoms. The lowest BCUT2D eigenvalue weighted by atomic mass is 10.1. The summed E-state index contributed by atoms with van der Waals surface area (Å²) in [4.78, 5) is 18.9. The minimum absolute atomic E-state index is 0.0778. The molecule has 2 N–H and O–H groups in total. The molecule has 25 heavy (non-hydrogen) atoms. The Morgan fingerprint density at radius 1 is 1.36 bits per heavy atom. The predicted molar refractivity (Wildman–Crippen MR) is 94.2 cm³/mol. The van der Waals surface area contributed by atoms with Gasteiger partial charge in [0.1, 0.15) is 11.5 Å². The van der Waals surface area contributed by atoms with E-state index < -0.39 is 0 Å². The summed E-state index contributed by atoms with van der Waals surface area (Å²) in [6, 6.07) is 7.77. The van der Waals surface area contributed by atoms with E-state index in [1.807, 2.05) is 5.38 Å². The van der Waals surface area contributed by atoms with Crippen molar-refractivity contribution in [2.45, 2.75) is 12.5 Å². The van der Waals surface area contributed by atoms with Gasteiger partial charge in [-0.05, 0) is 36.8 Å². The molecule has 0 saturated carbocycles. The van der Waals surface area contributed by atoms with Crippen LogP contribution in [0.2, 0.25) is 0 Å². The van der Waals surface area contributed by atoms with Crippen LogP contribution < -0.4 is 10.2 Å². The van der Waals surface area contributed by atoms with Crippen molar-refractivity contribution in [3.05, 3.63) is 53.4 Å². The second kappa shape index (κ2) is 6.64. The van der Waals surface area contributed by atoms with Gasteiger partial charge in [-0.3, -0.25) is 9.89 Å². The summed E-state index contributed by atoms with van der Waals surface area (Å²) in [7, 11) is 0. The molecule has 1 unspecified atom stereocenters. The van der Waals surface area contributed by atoms with E-state index in [-0.39, 0.29) is 17.8 Å². The molecule has 1 aliphatic heterocycles. The Balaban J connectivity index is 1.40. The molecule has 1 atom stereocenters. The van der Waals surface area contributed by atoms with Crippen molar-refractivity contribution in [3.8, 4) is 11.3 Å². The largest absolute Gasteiger partial charge is 0.346 e. The molecular formula is C17H16FN5OS. The standard InChI is InChI=1S/C17H16FN5OS/c18-12-3-1-11(2-4-12)14-9-15(22-21-14)16(24)20-13-5-7-23(10-13)17-19-6-8-25-17/h1-4,6,8-9,13H,5,7,10H2,(H,20,24)(H,21,22). The Morgan fingerprint density at radius 3 is 2.96 bits per heavy atom. The Morgan fingerprint density at radius 2 is 2.20 bits per heavy atom. The van der Waals surface area contributed by atoms with E-state index in [1.165, 1.54) is 12.1 Å². The number of carbonyl (C=O) groups excluding carboxylic acids is 1. The molecule has 6 nitrogen and oxygen atoms in total. The minimum atomic E-state index is -0.303. The number of nitrogens with zero attached hydrogens (tertiary/aromatic N) is 3. The lowest BCUT2D eigenvalue weighted by Crippen LogP contribution is -2.37. The van der Waals surface area contributed by atoms with Crippen molar-refractivity contribution in [1.82, 2.24) is 20.5 Å². The first-order chi connectivity index (χ1) is 12.2. The van der Waals surface area contributed by atoms with Crippen LogP contribution in [0.5, 0.6) is 0 Å². The second-order valence-electron chi connectivity index (χ2n) is 5.89. The summed E-state index contributed by atoms with van der Waals surface area (Å²) in [5.41, 5.74) is 1.76. The van der Waals surface area contributed by atoms with E-state index in [4.69, 9.17) is 0 Å². The number of thiazole rings is 1. The number of hydrogen-bond acceptors (Lipinski definition) is 5. The van der Waals surface area contributed by atoms with Gasteiger partial charge in [0.05, 0.1) is 5.69 Å². The Hall–Kier alpha value is -2.74. The molecule has 1 amide bonds. The SMILES string of the molecule is O=C(NC1CCN(c2nccs2)C1)c1cc(-c2ccc(F)cc2)n[nH]1. The van der Waals surface area contributed by atoms with E-state index >= 15 is 0 Å². The van der Waals surface area contributed by atoms with Crippen LogP contribution in [-0.2, 0) is 0 Å². The third-order valence-electron chi connectivity index (χ3n) is 4.18. The minimum Gasteiger partial charge on any atom is -0.346 e. The second-order valence-corrected chi connectivity index (χ2v) is 6.77. The summed E-state index contributed by atoms with van der Waals surface area (Å²) in [5, 5.41) is 12.8. The van der Waals surface area contributed by atoms with Crippen molar-refractivity contribution in [1.29, 1.82) is 0 Å². The van der Waals surface area contributed by atoms with E-state index in [0.29, 0.717) is 11.4 Å². The maximum Gasteiger partial charge on any atom is 0.269 e. The van der Waals surface area contributed by atoms with Gasteiger partial charge in [0, 0.05) is 36.3 Å². The molecule has 0 radical (unpaired) electrons. The quantitative estimate of drug-likeness (QED) is 0.753. The highest BCUT2D eigenvalue weighted by atomic mass is 32.1. The van der Waals surface area contributed by atoms with Crippen LogP contribution in [0, 0.1) is 5.82 Å². The van der Waals surface area contributed by atoms with Gasteiger partial charge in [-0.15, -0.1) is 11.3 Å². The third-order valence-corrected chi connectivity index (χ3v) is 5.01. The average Bonchev–Trinajstić information content (AvgIpc) is 3.36. The maximum absolute atomic E-state index is 13.0. The van der Waals surface area contributed by atoms with Crippen LogP contribution in [-0.4, -0.2) is 40.2 Å². The van der Waals surface area contributed by atoms with E-state index in [9.17, 15) is 9.18 Å². The molecule has 128 valence electrons. The maximum atomic E-state index is 13.0. The lowest BCUT2D eigenvalue weighted by molar-refractivity contribution is 0.0935. The number of carbonyl (C=O) groups is 1. The van der Waals surface area contributed by atoms with Crippen LogP contribution in [0.25, 0.3) is 11.3 Å². The number of H-pyrrole nitrogens is 1. The Kier molecular flexibility index (Phi) is 4.19. The van der Waals surface area contributed by atoms with Crippen molar-refractivity contribution < 1.29 is 9.18 Å². The summed E-state index contributed by atoms with van der Waals surface area (Å²) in [6.45, 7) is 1.63. The fraction of sp³-hybridized carbons (Fsp3) is 0.235. The first kappa shape index (κ1) is 15.8. The van der Waals surface area contributed by atoms with Gasteiger partial charge in [0.15, 0.2) is 5.13 Å². The third kappa shape index (κ3) is 3.39. The van der Waals surface area contributed by atoms with Crippen LogP contribution in [0.15, 0.2) is 41.9 Å². The van der Waals surface area contributed by atoms with Gasteiger partial charge < -0.3 is 10.2 Å². The average molecular weight is 357 g/mol. The smallest absolute Gasteiger partial charge is 0.269 e. The number of halogens is 1. The van der Waals surface area contributed by atoms with Crippen molar-refractivity contribution in [2.75, 3.05) is 18.0 Å². The molecule has 2 aromatic heterocycles. The topological polar surface area (TPSA) is 73.9 Å². The lowest BCUT2D eigenvalue weighted by Gasteiger charge is -2.15. The summed E-state index contributed by atoms with van der Waals surface area (Å²) < 4.78 is 13.0. The highest BCUT2D eigenvalue weighted by molar-refractivity contribution is 7.13. The number of benzene rings is 1. The fourth-order valence-corrected chi connectivity index (χ4v) is 3.57. The van der Waals surface area contributed by atoms with Crippen molar-refractivity contribution >= 4 is 22.4 Å². The number of aromatic amines is 1. The van der Waals surface area contributed by atoms with Gasteiger partial charge in [0.25, 0.3) is 5.91 Å². The van der Waals surface area contributed by atoms with Crippen LogP contribution in [0.4, 0.5) is 9.52 Å². The fourth-order valence-electron chi connectivity index (χ4n) is 2.89. The summed E-state index contributed by atoms with van der Waals surface area (Å²) in [6.07, 6.45) is 2.66. The highest BCUT2D eigenvalue weighted by Gasteiger charge is 2.26. The van der Waals surface area contributed by atoms with Gasteiger partial charge in [0.2, 0.25) is 0 Å². The number of hydrogen-bond donors (Lipinski definition) is 2. The molecule has 0 spiro atoms. The van der Waals surface area contributed by atoms with Crippen molar-refractivity contribution in [3.63, 3.8) is 0 Å². The number of rotatable bonds is 4. The van der Waals surface area contributed by atoms with Gasteiger partial charge in [-0.1, -0.05) is 0 Å². The highest BCUT2D eigenvalue weighted by Crippen LogP contribution is 2.23. The zero-order valence-corrected chi connectivity index (χ0v) is 14.1. The number of nitrogens with one attached hydrogen (secondary N) is 2. The molecule has 4 rings (SSSR count). The molecule has 3 aromatic rings. The summed E-state index contributed by atoms with van der Waals surface area (Å²) in [5.74, 6) is -0.491. The first-order valence-corrected chi connectivity index (χ1v) is 8.83. The first-order valence-electron chi connectivity index (χ1n) is 7.96. The zero-order chi connectivity index (χ0) is 17.2. The molecule has 0 bridgehead atoms. The number of anilines is 1. The molecule has 1 fully saturated rings. The normalized spacial score (nSPS) is 17.0. The van der Waals surface area contributed by atoms with Gasteiger partial charge in [-0.25, -0.2) is 9.37 Å². The monoisotopic (exact) mass is 357 g/mol.